The summed E-state index contributed by atoms with van der Waals surface area (Å²) in [5.41, 5.74) is 2.32. The fraction of sp³-hybridized carbons (Fsp3) is 0.190. The van der Waals surface area contributed by atoms with Crippen LogP contribution in [0.3, 0.4) is 0 Å². The second-order valence-electron chi connectivity index (χ2n) is 6.88. The summed E-state index contributed by atoms with van der Waals surface area (Å²) in [5, 5.41) is 14.8. The minimum atomic E-state index is -0.312. The molecular weight excluding hydrogens is 455 g/mol. The van der Waals surface area contributed by atoms with Crippen LogP contribution in [-0.2, 0) is 17.0 Å². The molecule has 2 heterocycles. The largest absolute Gasteiger partial charge is 0.339 e. The van der Waals surface area contributed by atoms with Gasteiger partial charge >= 0.3 is 0 Å². The molecule has 1 amide bonds. The summed E-state index contributed by atoms with van der Waals surface area (Å²) >= 11 is 7.40. The van der Waals surface area contributed by atoms with Crippen LogP contribution in [0.1, 0.15) is 23.7 Å². The molecule has 11 heteroatoms. The summed E-state index contributed by atoms with van der Waals surface area (Å²) in [4.78, 5) is 20.8. The molecule has 0 fully saturated rings. The van der Waals surface area contributed by atoms with Crippen LogP contribution in [0.5, 0.6) is 0 Å². The number of halogens is 2. The van der Waals surface area contributed by atoms with Crippen LogP contribution < -0.4 is 5.32 Å². The van der Waals surface area contributed by atoms with Crippen molar-refractivity contribution in [3.05, 3.63) is 70.6 Å². The van der Waals surface area contributed by atoms with Gasteiger partial charge in [0.15, 0.2) is 11.6 Å². The number of rotatable bonds is 8. The second kappa shape index (κ2) is 9.92. The van der Waals surface area contributed by atoms with E-state index in [0.29, 0.717) is 45.6 Å². The third-order valence-electron chi connectivity index (χ3n) is 4.44. The van der Waals surface area contributed by atoms with Gasteiger partial charge in [0.25, 0.3) is 0 Å². The maximum atomic E-state index is 13.0. The van der Waals surface area contributed by atoms with Gasteiger partial charge in [-0.25, -0.2) is 9.37 Å². The van der Waals surface area contributed by atoms with E-state index in [1.807, 2.05) is 13.0 Å². The first-order valence-corrected chi connectivity index (χ1v) is 11.0. The smallest absolute Gasteiger partial charge is 0.227 e. The van der Waals surface area contributed by atoms with Crippen molar-refractivity contribution in [3.63, 3.8) is 0 Å². The monoisotopic (exact) mass is 472 g/mol. The van der Waals surface area contributed by atoms with Gasteiger partial charge in [-0.3, -0.25) is 9.89 Å². The number of nitrogens with one attached hydrogen (secondary N) is 2. The standard InChI is InChI=1S/C21H18ClFN6O2S/c1-12-2-7-15(10-16(12)22)24-18(30)8-9-19-25-17(29-31-19)11-32-21-26-20(27-28-21)13-3-5-14(23)6-4-13/h2-7,10H,8-9,11H2,1H3,(H,24,30)(H,26,27,28). The van der Waals surface area contributed by atoms with Gasteiger partial charge in [-0.2, -0.15) is 4.98 Å². The van der Waals surface area contributed by atoms with Crippen LogP contribution in [0.15, 0.2) is 52.1 Å². The van der Waals surface area contributed by atoms with E-state index in [1.165, 1.54) is 23.9 Å². The average molecular weight is 473 g/mol. The highest BCUT2D eigenvalue weighted by atomic mass is 35.5. The molecule has 0 saturated carbocycles. The van der Waals surface area contributed by atoms with Gasteiger partial charge < -0.3 is 9.84 Å². The molecule has 0 unspecified atom stereocenters. The van der Waals surface area contributed by atoms with Gasteiger partial charge in [0.1, 0.15) is 5.82 Å². The molecule has 0 spiro atoms. The number of thioether (sulfide) groups is 1. The molecule has 2 aromatic heterocycles. The molecule has 0 atom stereocenters. The summed E-state index contributed by atoms with van der Waals surface area (Å²) < 4.78 is 18.3. The van der Waals surface area contributed by atoms with Crippen molar-refractivity contribution < 1.29 is 13.7 Å². The number of H-pyrrole nitrogens is 1. The number of nitrogens with zero attached hydrogens (tertiary/aromatic N) is 4. The fourth-order valence-corrected chi connectivity index (χ4v) is 3.56. The SMILES string of the molecule is Cc1ccc(NC(=O)CCc2nc(CSc3n[nH]c(-c4ccc(F)cc4)n3)no2)cc1Cl. The Kier molecular flexibility index (Phi) is 6.81. The van der Waals surface area contributed by atoms with Gasteiger partial charge in [-0.15, -0.1) is 5.10 Å². The van der Waals surface area contributed by atoms with Crippen LogP contribution in [0, 0.1) is 12.7 Å². The van der Waals surface area contributed by atoms with E-state index >= 15 is 0 Å². The Labute approximate surface area is 192 Å². The van der Waals surface area contributed by atoms with Gasteiger partial charge in [0.05, 0.1) is 5.75 Å². The fourth-order valence-electron chi connectivity index (χ4n) is 2.74. The average Bonchev–Trinajstić information content (AvgIpc) is 3.43. The number of hydrogen-bond acceptors (Lipinski definition) is 7. The molecule has 0 radical (unpaired) electrons. The number of amides is 1. The highest BCUT2D eigenvalue weighted by Crippen LogP contribution is 2.22. The lowest BCUT2D eigenvalue weighted by atomic mass is 10.2. The van der Waals surface area contributed by atoms with E-state index in [0.717, 1.165) is 11.1 Å². The third kappa shape index (κ3) is 5.71. The van der Waals surface area contributed by atoms with Gasteiger partial charge in [-0.05, 0) is 48.9 Å². The summed E-state index contributed by atoms with van der Waals surface area (Å²) in [7, 11) is 0. The molecule has 4 rings (SSSR count). The minimum Gasteiger partial charge on any atom is -0.339 e. The van der Waals surface area contributed by atoms with Gasteiger partial charge in [0.2, 0.25) is 17.0 Å². The summed E-state index contributed by atoms with van der Waals surface area (Å²) in [5.74, 6) is 1.31. The highest BCUT2D eigenvalue weighted by molar-refractivity contribution is 7.98. The maximum Gasteiger partial charge on any atom is 0.227 e. The van der Waals surface area contributed by atoms with Crippen LogP contribution in [0.4, 0.5) is 10.1 Å². The zero-order valence-corrected chi connectivity index (χ0v) is 18.5. The summed E-state index contributed by atoms with van der Waals surface area (Å²) in [6.45, 7) is 1.89. The molecule has 164 valence electrons. The predicted molar refractivity (Wildman–Crippen MR) is 119 cm³/mol. The Bertz CT molecular complexity index is 1230. The lowest BCUT2D eigenvalue weighted by molar-refractivity contribution is -0.116. The van der Waals surface area contributed by atoms with E-state index in [-0.39, 0.29) is 18.1 Å². The topological polar surface area (TPSA) is 110 Å². The van der Waals surface area contributed by atoms with Crippen LogP contribution in [-0.4, -0.2) is 31.2 Å². The highest BCUT2D eigenvalue weighted by Gasteiger charge is 2.12. The van der Waals surface area contributed by atoms with Crippen molar-refractivity contribution in [2.24, 2.45) is 0 Å². The Hall–Kier alpha value is -3.24. The number of hydrogen-bond donors (Lipinski definition) is 2. The molecule has 4 aromatic rings. The molecule has 0 bridgehead atoms. The predicted octanol–water partition coefficient (Wildman–Crippen LogP) is 4.82. The number of aryl methyl sites for hydroxylation is 2. The Balaban J connectivity index is 1.25. The van der Waals surface area contributed by atoms with Crippen molar-refractivity contribution in [1.29, 1.82) is 0 Å². The minimum absolute atomic E-state index is 0.173. The molecule has 0 saturated heterocycles. The number of anilines is 1. The molecule has 8 nitrogen and oxygen atoms in total. The number of benzene rings is 2. The van der Waals surface area contributed by atoms with Crippen LogP contribution in [0.2, 0.25) is 5.02 Å². The van der Waals surface area contributed by atoms with E-state index in [2.05, 4.69) is 30.6 Å². The Morgan fingerprint density at radius 2 is 2.03 bits per heavy atom. The van der Waals surface area contributed by atoms with Gasteiger partial charge in [0, 0.05) is 29.1 Å². The van der Waals surface area contributed by atoms with Gasteiger partial charge in [-0.1, -0.05) is 34.6 Å². The van der Waals surface area contributed by atoms with Crippen molar-refractivity contribution in [2.45, 2.75) is 30.7 Å². The van der Waals surface area contributed by atoms with E-state index in [1.54, 1.807) is 24.3 Å². The Morgan fingerprint density at radius 3 is 2.81 bits per heavy atom. The quantitative estimate of drug-likeness (QED) is 0.354. The first kappa shape index (κ1) is 22.0. The molecule has 0 aliphatic rings. The molecule has 0 aliphatic heterocycles. The normalized spacial score (nSPS) is 11.0. The third-order valence-corrected chi connectivity index (χ3v) is 5.70. The first-order valence-electron chi connectivity index (χ1n) is 9.65. The zero-order valence-electron chi connectivity index (χ0n) is 16.9. The number of aromatic nitrogens is 5. The summed E-state index contributed by atoms with van der Waals surface area (Å²) in [6, 6.07) is 11.3. The van der Waals surface area contributed by atoms with Crippen LogP contribution in [0.25, 0.3) is 11.4 Å². The number of carbonyl (C=O) groups excluding carboxylic acids is 1. The molecule has 2 N–H and O–H groups in total. The van der Waals surface area contributed by atoms with Crippen molar-refractivity contribution in [3.8, 4) is 11.4 Å². The van der Waals surface area contributed by atoms with E-state index < -0.39 is 0 Å². The van der Waals surface area contributed by atoms with Crippen LogP contribution >= 0.6 is 23.4 Å². The molecule has 2 aromatic carbocycles. The van der Waals surface area contributed by atoms with E-state index in [9.17, 15) is 9.18 Å². The lowest BCUT2D eigenvalue weighted by Gasteiger charge is -2.06. The number of aromatic amines is 1. The molecule has 0 aliphatic carbocycles. The number of carbonyl (C=O) groups is 1. The van der Waals surface area contributed by atoms with Crippen molar-refractivity contribution in [2.75, 3.05) is 5.32 Å². The Morgan fingerprint density at radius 1 is 1.22 bits per heavy atom. The van der Waals surface area contributed by atoms with Crippen molar-refractivity contribution in [1.82, 2.24) is 25.3 Å². The van der Waals surface area contributed by atoms with E-state index in [4.69, 9.17) is 16.1 Å². The molecular formula is C21H18ClFN6O2S. The van der Waals surface area contributed by atoms with Crippen molar-refractivity contribution >= 4 is 35.0 Å². The second-order valence-corrected chi connectivity index (χ2v) is 8.23. The lowest BCUT2D eigenvalue weighted by Crippen LogP contribution is -2.12. The molecule has 32 heavy (non-hydrogen) atoms. The summed E-state index contributed by atoms with van der Waals surface area (Å²) in [6.07, 6.45) is 0.515. The maximum absolute atomic E-state index is 13.0. The first-order chi connectivity index (χ1) is 15.5. The zero-order chi connectivity index (χ0) is 22.5.